The zero-order valence-electron chi connectivity index (χ0n) is 53.8. The molecule has 6 aromatic carbocycles. The fourth-order valence-electron chi connectivity index (χ4n) is 10.6. The summed E-state index contributed by atoms with van der Waals surface area (Å²) < 4.78 is 104. The maximum Gasteiger partial charge on any atom is 0.271 e. The van der Waals surface area contributed by atoms with E-state index < -0.39 is 76.6 Å². The fraction of sp³-hybridized carbons (Fsp3) is 0.441. The first kappa shape index (κ1) is 68.9. The first-order chi connectivity index (χ1) is 42.6. The van der Waals surface area contributed by atoms with Gasteiger partial charge in [-0.05, 0) is 113 Å². The number of fused-ring (bicyclic) bond motifs is 2. The predicted octanol–water partition coefficient (Wildman–Crippen LogP) is 11.0. The lowest BCUT2D eigenvalue weighted by molar-refractivity contribution is -0.385. The van der Waals surface area contributed by atoms with Gasteiger partial charge in [0.25, 0.3) is 43.2 Å². The van der Waals surface area contributed by atoms with Crippen molar-refractivity contribution in [3.8, 4) is 23.0 Å². The Morgan fingerprint density at radius 2 is 0.659 bits per heavy atom. The molecule has 6 aromatic rings. The molecule has 2 amide bonds. The Morgan fingerprint density at radius 1 is 0.418 bits per heavy atom. The van der Waals surface area contributed by atoms with E-state index in [9.17, 15) is 46.7 Å². The fourth-order valence-corrected chi connectivity index (χ4v) is 12.5. The summed E-state index contributed by atoms with van der Waals surface area (Å²) in [5.74, 6) is -0.398. The lowest BCUT2D eigenvalue weighted by Gasteiger charge is -2.29. The standard InChI is InChI=1S/C68H82N4O17S2/c1-65(2,3)51-33-43-29-47-37-53(67(7,8)9)39-49(63(47)88-41-59(73)69-90(79,80)57-17-13-55(14-18-57)71(75)76)31-45-35-52(66(4,5)6)36-46-32-50-40-54(68(10,11)12)38-48(64(50)89-42-60(74)70-91(81,82)58-19-15-56(16-20-58)72(77)78)30-44(34-51)61(43)86-27-25-84-23-21-83-22-24-85-26-28-87-62(45)46/h13-20,33-40H,21-32,41-42H2,1-12H3,(H,69,73)(H,70,74). The second kappa shape index (κ2) is 27.9. The summed E-state index contributed by atoms with van der Waals surface area (Å²) in [6, 6.07) is 24.8. The summed E-state index contributed by atoms with van der Waals surface area (Å²) in [6.45, 7) is 25.3. The molecule has 91 heavy (non-hydrogen) atoms. The van der Waals surface area contributed by atoms with Gasteiger partial charge < -0.3 is 33.2 Å². The Kier molecular flexibility index (Phi) is 21.1. The molecule has 8 rings (SSSR count). The molecule has 0 spiro atoms. The highest BCUT2D eigenvalue weighted by Crippen LogP contribution is 2.45. The Balaban J connectivity index is 1.40. The lowest BCUT2D eigenvalue weighted by Crippen LogP contribution is -2.34. The van der Waals surface area contributed by atoms with Crippen LogP contribution in [0.15, 0.2) is 107 Å². The van der Waals surface area contributed by atoms with Crippen molar-refractivity contribution in [2.45, 2.75) is 140 Å². The van der Waals surface area contributed by atoms with Gasteiger partial charge in [0, 0.05) is 49.9 Å². The molecule has 0 radical (unpaired) electrons. The summed E-state index contributed by atoms with van der Waals surface area (Å²) in [5.41, 5.74) is 6.59. The van der Waals surface area contributed by atoms with Crippen molar-refractivity contribution in [2.75, 3.05) is 66.1 Å². The molecule has 21 nitrogen and oxygen atoms in total. The molecule has 0 atom stereocenters. The van der Waals surface area contributed by atoms with E-state index in [-0.39, 0.29) is 86.5 Å². The lowest BCUT2D eigenvalue weighted by atomic mass is 9.79. The maximum absolute atomic E-state index is 14.1. The number of carbonyl (C=O) groups is 2. The van der Waals surface area contributed by atoms with E-state index in [1.165, 1.54) is 0 Å². The molecule has 2 N–H and O–H groups in total. The van der Waals surface area contributed by atoms with Crippen molar-refractivity contribution in [3.63, 3.8) is 0 Å². The average Bonchev–Trinajstić information content (AvgIpc) is 0.842. The van der Waals surface area contributed by atoms with Gasteiger partial charge in [0.2, 0.25) is 0 Å². The minimum atomic E-state index is -4.53. The van der Waals surface area contributed by atoms with E-state index in [0.29, 0.717) is 58.5 Å². The second-order valence-electron chi connectivity index (χ2n) is 26.9. The molecule has 0 aromatic heterocycles. The molecule has 0 saturated heterocycles. The van der Waals surface area contributed by atoms with Crippen molar-refractivity contribution in [3.05, 3.63) is 184 Å². The van der Waals surface area contributed by atoms with Crippen molar-refractivity contribution >= 4 is 43.2 Å². The van der Waals surface area contributed by atoms with Crippen LogP contribution in [0, 0.1) is 20.2 Å². The van der Waals surface area contributed by atoms with Crippen molar-refractivity contribution in [1.82, 2.24) is 9.44 Å². The largest absolute Gasteiger partial charge is 0.491 e. The highest BCUT2D eigenvalue weighted by molar-refractivity contribution is 7.90. The maximum atomic E-state index is 14.1. The number of hydrogen-bond donors (Lipinski definition) is 2. The highest BCUT2D eigenvalue weighted by atomic mass is 32.2. The Morgan fingerprint density at radius 3 is 0.901 bits per heavy atom. The molecule has 0 saturated carbocycles. The topological polar surface area (TPSA) is 277 Å². The van der Waals surface area contributed by atoms with Gasteiger partial charge in [-0.3, -0.25) is 29.8 Å². The number of nitrogens with zero attached hydrogens (tertiary/aromatic N) is 2. The first-order valence-electron chi connectivity index (χ1n) is 30.1. The van der Waals surface area contributed by atoms with Gasteiger partial charge in [0.05, 0.1) is 59.3 Å². The average molecular weight is 1290 g/mol. The molecular weight excluding hydrogens is 1210 g/mol. The molecular formula is C68H82N4O17S2. The number of nitrogens with one attached hydrogen (secondary N) is 2. The number of sulfonamides is 2. The van der Waals surface area contributed by atoms with Gasteiger partial charge in [-0.1, -0.05) is 132 Å². The minimum absolute atomic E-state index is 0.0889. The third-order valence-electron chi connectivity index (χ3n) is 15.6. The SMILES string of the molecule is CC(C)(C)c1cc2c3c(c1)Cc1cc(C(C)(C)C)cc(c1OCC(=O)NS(=O)(=O)c1ccc([N+](=O)[O-])cc1)Cc1cc(C(C)(C)C)cc(c1OCCOCCOCCOCCO3)Cc1cc(C(C)(C)C)cc(c1OCC(=O)NS(=O)(=O)c1ccc([N+](=O)[O-])cc1)C2. The van der Waals surface area contributed by atoms with Crippen LogP contribution in [0.25, 0.3) is 0 Å². The van der Waals surface area contributed by atoms with E-state index in [0.717, 1.165) is 93.0 Å². The van der Waals surface area contributed by atoms with Gasteiger partial charge in [-0.25, -0.2) is 26.3 Å². The van der Waals surface area contributed by atoms with Crippen LogP contribution in [0.1, 0.15) is 150 Å². The van der Waals surface area contributed by atoms with Crippen LogP contribution in [-0.2, 0) is 91.2 Å². The molecule has 488 valence electrons. The number of nitro benzene ring substituents is 2. The van der Waals surface area contributed by atoms with Gasteiger partial charge in [-0.15, -0.1) is 0 Å². The molecule has 1 aliphatic heterocycles. The number of hydrogen-bond acceptors (Lipinski definition) is 17. The number of non-ortho nitro benzene ring substituents is 2. The Labute approximate surface area is 532 Å². The van der Waals surface area contributed by atoms with Crippen molar-refractivity contribution < 1.29 is 69.4 Å². The van der Waals surface area contributed by atoms with Crippen LogP contribution < -0.4 is 28.4 Å². The molecule has 1 aliphatic carbocycles. The quantitative estimate of drug-likeness (QED) is 0.0849. The van der Waals surface area contributed by atoms with Crippen molar-refractivity contribution in [2.24, 2.45) is 0 Å². The third-order valence-corrected chi connectivity index (χ3v) is 18.3. The third kappa shape index (κ3) is 17.8. The number of carbonyl (C=O) groups excluding carboxylic acids is 2. The molecule has 1 heterocycles. The number of rotatable bonds is 12. The summed E-state index contributed by atoms with van der Waals surface area (Å²) in [6.07, 6.45) is 0.571. The van der Waals surface area contributed by atoms with Crippen LogP contribution in [0.4, 0.5) is 11.4 Å². The van der Waals surface area contributed by atoms with Gasteiger partial charge in [-0.2, -0.15) is 0 Å². The smallest absolute Gasteiger partial charge is 0.271 e. The minimum Gasteiger partial charge on any atom is -0.491 e. The van der Waals surface area contributed by atoms with Gasteiger partial charge in [0.15, 0.2) is 13.2 Å². The predicted molar refractivity (Wildman–Crippen MR) is 343 cm³/mol. The first-order valence-corrected chi connectivity index (χ1v) is 33.0. The second-order valence-corrected chi connectivity index (χ2v) is 30.2. The Bertz CT molecular complexity index is 3580. The van der Waals surface area contributed by atoms with E-state index >= 15 is 0 Å². The summed E-state index contributed by atoms with van der Waals surface area (Å²) >= 11 is 0. The highest BCUT2D eigenvalue weighted by Gasteiger charge is 2.31. The van der Waals surface area contributed by atoms with Crippen LogP contribution >= 0.6 is 0 Å². The van der Waals surface area contributed by atoms with E-state index in [1.54, 1.807) is 0 Å². The molecule has 10 bridgehead atoms. The van der Waals surface area contributed by atoms with Crippen LogP contribution in [0.5, 0.6) is 23.0 Å². The molecule has 0 unspecified atom stereocenters. The van der Waals surface area contributed by atoms with E-state index in [2.05, 4.69) is 117 Å². The summed E-state index contributed by atoms with van der Waals surface area (Å²) in [5, 5.41) is 22.8. The molecule has 23 heteroatoms. The zero-order valence-corrected chi connectivity index (χ0v) is 55.4. The Hall–Kier alpha value is -7.96. The monoisotopic (exact) mass is 1290 g/mol. The van der Waals surface area contributed by atoms with Gasteiger partial charge >= 0.3 is 0 Å². The number of benzene rings is 6. The van der Waals surface area contributed by atoms with Crippen LogP contribution in [0.3, 0.4) is 0 Å². The molecule has 2 aliphatic rings. The molecule has 0 fully saturated rings. The van der Waals surface area contributed by atoms with E-state index in [1.807, 2.05) is 24.3 Å². The summed E-state index contributed by atoms with van der Waals surface area (Å²) in [7, 11) is -9.06. The van der Waals surface area contributed by atoms with Gasteiger partial charge in [0.1, 0.15) is 36.2 Å². The number of ether oxygens (including phenoxy) is 7. The normalized spacial score (nSPS) is 14.9. The zero-order chi connectivity index (χ0) is 66.4. The van der Waals surface area contributed by atoms with E-state index in [4.69, 9.17) is 33.2 Å². The summed E-state index contributed by atoms with van der Waals surface area (Å²) in [4.78, 5) is 49.0. The van der Waals surface area contributed by atoms with Crippen LogP contribution in [-0.4, -0.2) is 105 Å². The number of nitro groups is 2. The van der Waals surface area contributed by atoms with Crippen LogP contribution in [0.2, 0.25) is 0 Å². The van der Waals surface area contributed by atoms with Crippen molar-refractivity contribution in [1.29, 1.82) is 0 Å². The number of amides is 2.